The summed E-state index contributed by atoms with van der Waals surface area (Å²) >= 11 is 3.27. The van der Waals surface area contributed by atoms with Gasteiger partial charge in [-0.05, 0) is 24.6 Å². The lowest BCUT2D eigenvalue weighted by atomic mass is 10.2. The molecular formula is C16H19N5OS2. The summed E-state index contributed by atoms with van der Waals surface area (Å²) < 4.78 is 8.69. The lowest BCUT2D eigenvalue weighted by Gasteiger charge is -2.07. The van der Waals surface area contributed by atoms with Gasteiger partial charge in [0.1, 0.15) is 18.2 Å². The van der Waals surface area contributed by atoms with Gasteiger partial charge in [-0.3, -0.25) is 0 Å². The SMILES string of the molecule is CCNc1nnc(SCc2ccc(OCc3nccn3C)cc2)s1. The van der Waals surface area contributed by atoms with Gasteiger partial charge in [0.05, 0.1) is 0 Å². The van der Waals surface area contributed by atoms with Gasteiger partial charge in [0, 0.05) is 31.7 Å². The van der Waals surface area contributed by atoms with Crippen LogP contribution in [0.5, 0.6) is 5.75 Å². The lowest BCUT2D eigenvalue weighted by Crippen LogP contribution is -2.02. The van der Waals surface area contributed by atoms with E-state index in [2.05, 4.69) is 32.6 Å². The van der Waals surface area contributed by atoms with Gasteiger partial charge in [-0.25, -0.2) is 4.98 Å². The minimum Gasteiger partial charge on any atom is -0.486 e. The number of benzene rings is 1. The largest absolute Gasteiger partial charge is 0.486 e. The molecule has 0 atom stereocenters. The Labute approximate surface area is 149 Å². The maximum atomic E-state index is 5.76. The van der Waals surface area contributed by atoms with Crippen LogP contribution in [0, 0.1) is 0 Å². The fraction of sp³-hybridized carbons (Fsp3) is 0.312. The second-order valence-corrected chi connectivity index (χ2v) is 7.28. The molecule has 3 rings (SSSR count). The van der Waals surface area contributed by atoms with Crippen molar-refractivity contribution in [3.8, 4) is 5.75 Å². The van der Waals surface area contributed by atoms with E-state index < -0.39 is 0 Å². The zero-order chi connectivity index (χ0) is 16.8. The summed E-state index contributed by atoms with van der Waals surface area (Å²) in [6, 6.07) is 8.13. The summed E-state index contributed by atoms with van der Waals surface area (Å²) in [4.78, 5) is 4.24. The monoisotopic (exact) mass is 361 g/mol. The van der Waals surface area contributed by atoms with E-state index in [-0.39, 0.29) is 0 Å². The molecule has 0 amide bonds. The van der Waals surface area contributed by atoms with Gasteiger partial charge in [-0.15, -0.1) is 10.2 Å². The predicted octanol–water partition coefficient (Wildman–Crippen LogP) is 3.57. The number of rotatable bonds is 8. The topological polar surface area (TPSA) is 64.9 Å². The Morgan fingerprint density at radius 1 is 1.25 bits per heavy atom. The Hall–Kier alpha value is -2.06. The molecule has 0 bridgehead atoms. The summed E-state index contributed by atoms with van der Waals surface area (Å²) in [6.45, 7) is 3.38. The third-order valence-electron chi connectivity index (χ3n) is 3.31. The van der Waals surface area contributed by atoms with Crippen molar-refractivity contribution in [1.29, 1.82) is 0 Å². The summed E-state index contributed by atoms with van der Waals surface area (Å²) in [6.07, 6.45) is 3.68. The molecule has 0 unspecified atom stereocenters. The van der Waals surface area contributed by atoms with Crippen LogP contribution in [-0.4, -0.2) is 26.3 Å². The second-order valence-electron chi connectivity index (χ2n) is 5.08. The number of nitrogens with zero attached hydrogens (tertiary/aromatic N) is 4. The van der Waals surface area contributed by atoms with E-state index in [0.29, 0.717) is 6.61 Å². The molecule has 126 valence electrons. The molecule has 0 saturated carbocycles. The first-order chi connectivity index (χ1) is 11.7. The van der Waals surface area contributed by atoms with Gasteiger partial charge in [0.2, 0.25) is 5.13 Å². The minimum absolute atomic E-state index is 0.468. The van der Waals surface area contributed by atoms with Crippen molar-refractivity contribution in [2.45, 2.75) is 23.6 Å². The van der Waals surface area contributed by atoms with Crippen molar-refractivity contribution in [3.63, 3.8) is 0 Å². The number of imidazole rings is 1. The van der Waals surface area contributed by atoms with Gasteiger partial charge in [0.15, 0.2) is 4.34 Å². The predicted molar refractivity (Wildman–Crippen MR) is 97.6 cm³/mol. The molecule has 24 heavy (non-hydrogen) atoms. The molecular weight excluding hydrogens is 342 g/mol. The first kappa shape index (κ1) is 16.8. The van der Waals surface area contributed by atoms with E-state index in [1.165, 1.54) is 5.56 Å². The molecule has 2 aromatic heterocycles. The number of ether oxygens (including phenoxy) is 1. The molecule has 0 aliphatic heterocycles. The maximum Gasteiger partial charge on any atom is 0.206 e. The van der Waals surface area contributed by atoms with Crippen LogP contribution in [0.1, 0.15) is 18.3 Å². The average molecular weight is 361 g/mol. The molecule has 8 heteroatoms. The number of aryl methyl sites for hydroxylation is 1. The fourth-order valence-corrected chi connectivity index (χ4v) is 3.78. The van der Waals surface area contributed by atoms with Crippen LogP contribution in [0.3, 0.4) is 0 Å². The van der Waals surface area contributed by atoms with Crippen molar-refractivity contribution >= 4 is 28.2 Å². The second kappa shape index (κ2) is 8.16. The van der Waals surface area contributed by atoms with Crippen LogP contribution >= 0.6 is 23.1 Å². The van der Waals surface area contributed by atoms with E-state index >= 15 is 0 Å². The molecule has 3 aromatic rings. The summed E-state index contributed by atoms with van der Waals surface area (Å²) in [5, 5.41) is 12.3. The van der Waals surface area contributed by atoms with Crippen LogP contribution in [0.4, 0.5) is 5.13 Å². The first-order valence-corrected chi connectivity index (χ1v) is 9.43. The number of thioether (sulfide) groups is 1. The van der Waals surface area contributed by atoms with Gasteiger partial charge < -0.3 is 14.6 Å². The lowest BCUT2D eigenvalue weighted by molar-refractivity contribution is 0.292. The number of hydrogen-bond acceptors (Lipinski definition) is 7. The number of anilines is 1. The van der Waals surface area contributed by atoms with Crippen molar-refractivity contribution in [2.75, 3.05) is 11.9 Å². The van der Waals surface area contributed by atoms with Crippen LogP contribution < -0.4 is 10.1 Å². The maximum absolute atomic E-state index is 5.76. The van der Waals surface area contributed by atoms with E-state index in [1.807, 2.05) is 36.9 Å². The number of aromatic nitrogens is 4. The zero-order valence-electron chi connectivity index (χ0n) is 13.6. The highest BCUT2D eigenvalue weighted by molar-refractivity contribution is 8.00. The van der Waals surface area contributed by atoms with E-state index in [9.17, 15) is 0 Å². The Morgan fingerprint density at radius 2 is 2.08 bits per heavy atom. The Bertz CT molecular complexity index is 769. The molecule has 0 saturated heterocycles. The smallest absolute Gasteiger partial charge is 0.206 e. The van der Waals surface area contributed by atoms with Crippen LogP contribution in [0.25, 0.3) is 0 Å². The molecule has 1 aromatic carbocycles. The molecule has 0 aliphatic carbocycles. The number of nitrogens with one attached hydrogen (secondary N) is 1. The van der Waals surface area contributed by atoms with Crippen molar-refractivity contribution in [2.24, 2.45) is 7.05 Å². The quantitative estimate of drug-likeness (QED) is 0.619. The highest BCUT2D eigenvalue weighted by atomic mass is 32.2. The summed E-state index contributed by atoms with van der Waals surface area (Å²) in [5.74, 6) is 2.61. The highest BCUT2D eigenvalue weighted by Gasteiger charge is 2.05. The molecule has 0 spiro atoms. The van der Waals surface area contributed by atoms with Crippen molar-refractivity contribution in [3.05, 3.63) is 48.0 Å². The number of hydrogen-bond donors (Lipinski definition) is 1. The summed E-state index contributed by atoms with van der Waals surface area (Å²) in [7, 11) is 1.96. The minimum atomic E-state index is 0.468. The third-order valence-corrected chi connectivity index (χ3v) is 5.39. The Morgan fingerprint density at radius 3 is 2.79 bits per heavy atom. The van der Waals surface area contributed by atoms with E-state index in [4.69, 9.17) is 4.74 Å². The van der Waals surface area contributed by atoms with Gasteiger partial charge in [0.25, 0.3) is 0 Å². The molecule has 0 fully saturated rings. The van der Waals surface area contributed by atoms with Crippen molar-refractivity contribution in [1.82, 2.24) is 19.7 Å². The zero-order valence-corrected chi connectivity index (χ0v) is 15.2. The highest BCUT2D eigenvalue weighted by Crippen LogP contribution is 2.28. The van der Waals surface area contributed by atoms with Crippen LogP contribution in [0.2, 0.25) is 0 Å². The van der Waals surface area contributed by atoms with Crippen molar-refractivity contribution < 1.29 is 4.74 Å². The average Bonchev–Trinajstić information content (AvgIpc) is 3.21. The van der Waals surface area contributed by atoms with E-state index in [1.54, 1.807) is 29.3 Å². The van der Waals surface area contributed by atoms with Gasteiger partial charge in [-0.2, -0.15) is 0 Å². The van der Waals surface area contributed by atoms with Gasteiger partial charge in [-0.1, -0.05) is 35.2 Å². The molecule has 0 aliphatic rings. The normalized spacial score (nSPS) is 10.8. The van der Waals surface area contributed by atoms with Crippen LogP contribution in [0.15, 0.2) is 41.0 Å². The molecule has 2 heterocycles. The molecule has 6 nitrogen and oxygen atoms in total. The van der Waals surface area contributed by atoms with Crippen LogP contribution in [-0.2, 0) is 19.4 Å². The Kier molecular flexibility index (Phi) is 5.71. The Balaban J connectivity index is 1.49. The van der Waals surface area contributed by atoms with E-state index in [0.717, 1.165) is 33.3 Å². The standard InChI is InChI=1S/C16H19N5OS2/c1-3-17-15-19-20-16(24-15)23-11-12-4-6-13(7-5-12)22-10-14-18-8-9-21(14)2/h4-9H,3,10-11H2,1-2H3,(H,17,19). The van der Waals surface area contributed by atoms with Gasteiger partial charge >= 0.3 is 0 Å². The molecule has 0 radical (unpaired) electrons. The molecule has 1 N–H and O–H groups in total. The third kappa shape index (κ3) is 4.48. The fourth-order valence-electron chi connectivity index (χ4n) is 2.00. The summed E-state index contributed by atoms with van der Waals surface area (Å²) in [5.41, 5.74) is 1.23. The first-order valence-electron chi connectivity index (χ1n) is 7.62.